The van der Waals surface area contributed by atoms with Gasteiger partial charge in [-0.15, -0.1) is 0 Å². The molecule has 1 N–H and O–H groups in total. The van der Waals surface area contributed by atoms with Gasteiger partial charge in [0.05, 0.1) is 12.5 Å². The van der Waals surface area contributed by atoms with Crippen molar-refractivity contribution in [1.29, 1.82) is 0 Å². The van der Waals surface area contributed by atoms with Gasteiger partial charge in [-0.2, -0.15) is 0 Å². The number of benzene rings is 1. The van der Waals surface area contributed by atoms with Crippen LogP contribution in [-0.2, 0) is 16.0 Å². The van der Waals surface area contributed by atoms with Crippen LogP contribution >= 0.6 is 0 Å². The summed E-state index contributed by atoms with van der Waals surface area (Å²) in [5.74, 6) is 0.177. The zero-order chi connectivity index (χ0) is 11.7. The first-order chi connectivity index (χ1) is 7.63. The summed E-state index contributed by atoms with van der Waals surface area (Å²) >= 11 is 0. The average Bonchev–Trinajstić information content (AvgIpc) is 2.23. The van der Waals surface area contributed by atoms with Gasteiger partial charge in [-0.05, 0) is 36.6 Å². The Kier molecular flexibility index (Phi) is 2.86. The maximum Gasteiger partial charge on any atom is 0.309 e. The van der Waals surface area contributed by atoms with E-state index in [9.17, 15) is 9.90 Å². The molecule has 86 valence electrons. The number of phenols is 1. The molecule has 1 aliphatic rings. The fourth-order valence-corrected chi connectivity index (χ4v) is 2.21. The van der Waals surface area contributed by atoms with Gasteiger partial charge in [-0.3, -0.25) is 4.79 Å². The van der Waals surface area contributed by atoms with Gasteiger partial charge >= 0.3 is 5.97 Å². The van der Waals surface area contributed by atoms with Crippen molar-refractivity contribution in [3.05, 3.63) is 29.3 Å². The normalized spacial score (nSPS) is 19.5. The number of hydrogen-bond acceptors (Lipinski definition) is 3. The molecule has 0 aliphatic heterocycles. The minimum absolute atomic E-state index is 0.130. The standard InChI is InChI=1S/C13H16O3/c1-3-16-13(15)8(2)11-6-9-4-5-10(14)7-12(9)11/h4-5,7-8,11,14H,3,6H2,1-2H3. The third kappa shape index (κ3) is 1.77. The summed E-state index contributed by atoms with van der Waals surface area (Å²) in [5, 5.41) is 9.40. The van der Waals surface area contributed by atoms with Crippen LogP contribution in [0.25, 0.3) is 0 Å². The summed E-state index contributed by atoms with van der Waals surface area (Å²) in [6.07, 6.45) is 0.898. The highest BCUT2D eigenvalue weighted by molar-refractivity contribution is 5.74. The summed E-state index contributed by atoms with van der Waals surface area (Å²) < 4.78 is 5.00. The summed E-state index contributed by atoms with van der Waals surface area (Å²) in [6, 6.07) is 5.35. The monoisotopic (exact) mass is 220 g/mol. The minimum atomic E-state index is -0.151. The molecule has 0 aromatic heterocycles. The van der Waals surface area contributed by atoms with Crippen molar-refractivity contribution in [2.24, 2.45) is 5.92 Å². The highest BCUT2D eigenvalue weighted by Crippen LogP contribution is 2.42. The Hall–Kier alpha value is -1.51. The number of ether oxygens (including phenoxy) is 1. The third-order valence-corrected chi connectivity index (χ3v) is 3.23. The van der Waals surface area contributed by atoms with Crippen LogP contribution in [0.15, 0.2) is 18.2 Å². The zero-order valence-electron chi connectivity index (χ0n) is 9.56. The molecule has 1 aromatic carbocycles. The van der Waals surface area contributed by atoms with Gasteiger partial charge in [0.1, 0.15) is 5.75 Å². The van der Waals surface area contributed by atoms with E-state index in [1.54, 1.807) is 12.1 Å². The van der Waals surface area contributed by atoms with Gasteiger partial charge < -0.3 is 9.84 Å². The molecule has 0 fully saturated rings. The molecule has 0 saturated carbocycles. The van der Waals surface area contributed by atoms with Gasteiger partial charge in [0.15, 0.2) is 0 Å². The molecule has 2 unspecified atom stereocenters. The number of fused-ring (bicyclic) bond motifs is 1. The Morgan fingerprint density at radius 1 is 1.62 bits per heavy atom. The topological polar surface area (TPSA) is 46.5 Å². The van der Waals surface area contributed by atoms with E-state index in [0.29, 0.717) is 6.61 Å². The third-order valence-electron chi connectivity index (χ3n) is 3.23. The Bertz CT molecular complexity index is 412. The van der Waals surface area contributed by atoms with E-state index in [1.165, 1.54) is 5.56 Å². The van der Waals surface area contributed by atoms with Crippen molar-refractivity contribution >= 4 is 5.97 Å². The van der Waals surface area contributed by atoms with Crippen LogP contribution in [-0.4, -0.2) is 17.7 Å². The largest absolute Gasteiger partial charge is 0.508 e. The number of esters is 1. The first-order valence-electron chi connectivity index (χ1n) is 5.62. The van der Waals surface area contributed by atoms with E-state index in [1.807, 2.05) is 19.9 Å². The maximum absolute atomic E-state index is 11.6. The minimum Gasteiger partial charge on any atom is -0.508 e. The van der Waals surface area contributed by atoms with Gasteiger partial charge in [0.2, 0.25) is 0 Å². The van der Waals surface area contributed by atoms with Crippen LogP contribution in [0.1, 0.15) is 30.9 Å². The van der Waals surface area contributed by atoms with E-state index in [-0.39, 0.29) is 23.6 Å². The lowest BCUT2D eigenvalue weighted by Crippen LogP contribution is -2.29. The molecule has 3 heteroatoms. The predicted molar refractivity (Wildman–Crippen MR) is 60.3 cm³/mol. The number of rotatable bonds is 3. The molecular weight excluding hydrogens is 204 g/mol. The second-order valence-corrected chi connectivity index (χ2v) is 4.23. The zero-order valence-corrected chi connectivity index (χ0v) is 9.56. The van der Waals surface area contributed by atoms with Crippen molar-refractivity contribution in [2.45, 2.75) is 26.2 Å². The molecule has 2 rings (SSSR count). The molecule has 0 amide bonds. The lowest BCUT2D eigenvalue weighted by molar-refractivity contribution is -0.148. The number of hydrogen-bond donors (Lipinski definition) is 1. The predicted octanol–water partition coefficient (Wildman–Crippen LogP) is 2.23. The summed E-state index contributed by atoms with van der Waals surface area (Å²) in [5.41, 5.74) is 2.31. The van der Waals surface area contributed by atoms with Gasteiger partial charge in [0.25, 0.3) is 0 Å². The highest BCUT2D eigenvalue weighted by Gasteiger charge is 2.35. The molecule has 16 heavy (non-hydrogen) atoms. The van der Waals surface area contributed by atoms with Crippen molar-refractivity contribution in [3.8, 4) is 5.75 Å². The summed E-state index contributed by atoms with van der Waals surface area (Å²) in [6.45, 7) is 4.11. The Balaban J connectivity index is 2.12. The first kappa shape index (κ1) is 11.0. The van der Waals surface area contributed by atoms with Crippen LogP contribution in [0.5, 0.6) is 5.75 Å². The number of aromatic hydroxyl groups is 1. The van der Waals surface area contributed by atoms with Crippen molar-refractivity contribution in [2.75, 3.05) is 6.61 Å². The fraction of sp³-hybridized carbons (Fsp3) is 0.462. The summed E-state index contributed by atoms with van der Waals surface area (Å²) in [4.78, 5) is 11.6. The van der Waals surface area contributed by atoms with E-state index < -0.39 is 0 Å². The number of carbonyl (C=O) groups excluding carboxylic acids is 1. The van der Waals surface area contributed by atoms with E-state index in [2.05, 4.69) is 0 Å². The molecule has 0 radical (unpaired) electrons. The number of phenolic OH excluding ortho intramolecular Hbond substituents is 1. The molecule has 1 aromatic rings. The van der Waals surface area contributed by atoms with Crippen molar-refractivity contribution in [3.63, 3.8) is 0 Å². The van der Waals surface area contributed by atoms with Crippen molar-refractivity contribution < 1.29 is 14.6 Å². The van der Waals surface area contributed by atoms with Crippen LogP contribution < -0.4 is 0 Å². The van der Waals surface area contributed by atoms with E-state index in [4.69, 9.17) is 4.74 Å². The second-order valence-electron chi connectivity index (χ2n) is 4.23. The first-order valence-corrected chi connectivity index (χ1v) is 5.62. The maximum atomic E-state index is 11.6. The van der Waals surface area contributed by atoms with Gasteiger partial charge in [-0.1, -0.05) is 13.0 Å². The molecule has 0 saturated heterocycles. The molecule has 0 spiro atoms. The smallest absolute Gasteiger partial charge is 0.309 e. The van der Waals surface area contributed by atoms with Crippen molar-refractivity contribution in [1.82, 2.24) is 0 Å². The lowest BCUT2D eigenvalue weighted by Gasteiger charge is -2.33. The van der Waals surface area contributed by atoms with Crippen LogP contribution in [0.2, 0.25) is 0 Å². The molecule has 3 nitrogen and oxygen atoms in total. The number of carbonyl (C=O) groups is 1. The molecule has 0 heterocycles. The summed E-state index contributed by atoms with van der Waals surface area (Å²) in [7, 11) is 0. The molecule has 2 atom stereocenters. The highest BCUT2D eigenvalue weighted by atomic mass is 16.5. The Morgan fingerprint density at radius 2 is 2.38 bits per heavy atom. The van der Waals surface area contributed by atoms with Crippen LogP contribution in [0, 0.1) is 5.92 Å². The van der Waals surface area contributed by atoms with E-state index >= 15 is 0 Å². The fourth-order valence-electron chi connectivity index (χ4n) is 2.21. The lowest BCUT2D eigenvalue weighted by atomic mass is 9.71. The quantitative estimate of drug-likeness (QED) is 0.794. The van der Waals surface area contributed by atoms with Crippen LogP contribution in [0.4, 0.5) is 0 Å². The molecule has 1 aliphatic carbocycles. The van der Waals surface area contributed by atoms with Gasteiger partial charge in [0, 0.05) is 5.92 Å². The Morgan fingerprint density at radius 3 is 3.06 bits per heavy atom. The Labute approximate surface area is 95.0 Å². The molecular formula is C13H16O3. The SMILES string of the molecule is CCOC(=O)C(C)C1Cc2ccc(O)cc21. The molecule has 0 bridgehead atoms. The average molecular weight is 220 g/mol. The second kappa shape index (κ2) is 4.16. The van der Waals surface area contributed by atoms with Crippen LogP contribution in [0.3, 0.4) is 0 Å². The van der Waals surface area contributed by atoms with E-state index in [0.717, 1.165) is 12.0 Å². The van der Waals surface area contributed by atoms with Gasteiger partial charge in [-0.25, -0.2) is 0 Å².